The minimum absolute atomic E-state index is 0.00646. The molecule has 1 aromatic carbocycles. The number of nitrogens with two attached hydrogens (primary N) is 1. The van der Waals surface area contributed by atoms with Gasteiger partial charge in [0.15, 0.2) is 1.41 Å². The number of amides is 1. The first-order chi connectivity index (χ1) is 18.3. The molecule has 0 aliphatic carbocycles. The number of halogens is 4. The summed E-state index contributed by atoms with van der Waals surface area (Å²) in [5, 5.41) is 7.39. The van der Waals surface area contributed by atoms with E-state index in [9.17, 15) is 4.79 Å². The lowest BCUT2D eigenvalue weighted by Gasteiger charge is -2.11. The highest BCUT2D eigenvalue weighted by Gasteiger charge is 2.13. The van der Waals surface area contributed by atoms with E-state index in [1.807, 2.05) is 5.73 Å². The fraction of sp³-hybridized carbons (Fsp3) is 0.211. The molecule has 192 valence electrons. The molecule has 0 fully saturated rings. The third-order valence-electron chi connectivity index (χ3n) is 4.27. The van der Waals surface area contributed by atoms with Crippen LogP contribution in [0.15, 0.2) is 28.3 Å². The van der Waals surface area contributed by atoms with E-state index in [0.29, 0.717) is 51.2 Å². The van der Waals surface area contributed by atoms with Gasteiger partial charge < -0.3 is 16.4 Å². The van der Waals surface area contributed by atoms with Gasteiger partial charge in [-0.1, -0.05) is 0 Å². The van der Waals surface area contributed by atoms with Crippen LogP contribution in [-0.2, 0) is 0 Å². The molecule has 0 spiro atoms. The topological polar surface area (TPSA) is 170 Å². The molecule has 0 unspecified atom stereocenters. The van der Waals surface area contributed by atoms with Gasteiger partial charge in [-0.3, -0.25) is 4.79 Å². The Bertz CT molecular complexity index is 1430. The summed E-state index contributed by atoms with van der Waals surface area (Å²) in [5.41, 5.74) is 3.30. The summed E-state index contributed by atoms with van der Waals surface area (Å²) in [6.07, 6.45) is 0. The standard InChI is InChI=1S/C19H15Cl4N11OS2/c20-14-29-15(21)32-18(31-14)25-3-5-36-12-13(28-10-7-8(11(24)35)1-2-9(10)27-12)37-6-4-26-19-33-16(22)30-17(23)34-19/h1-2,7H,3-6H2,(H2,24,35)(H,25,29,31,32)(H,26,30,33,34)/i/hD. The van der Waals surface area contributed by atoms with Gasteiger partial charge in [-0.05, 0) is 64.6 Å². The number of nitrogens with zero attached hydrogens (tertiary/aromatic N) is 8. The Morgan fingerprint density at radius 3 is 1.73 bits per heavy atom. The van der Waals surface area contributed by atoms with Crippen LogP contribution in [0.2, 0.25) is 22.5 Å². The number of hydrogen-bond acceptors (Lipinski definition) is 13. The van der Waals surface area contributed by atoms with Gasteiger partial charge in [0.1, 0.15) is 10.1 Å². The third-order valence-corrected chi connectivity index (χ3v) is 7.01. The van der Waals surface area contributed by atoms with Gasteiger partial charge in [-0.2, -0.15) is 29.9 Å². The van der Waals surface area contributed by atoms with Gasteiger partial charge in [-0.25, -0.2) is 9.97 Å². The van der Waals surface area contributed by atoms with E-state index in [-0.39, 0.29) is 33.0 Å². The highest BCUT2D eigenvalue weighted by Crippen LogP contribution is 2.30. The number of carbonyl (C=O) groups is 1. The predicted molar refractivity (Wildman–Crippen MR) is 146 cm³/mol. The van der Waals surface area contributed by atoms with E-state index >= 15 is 0 Å². The van der Waals surface area contributed by atoms with Crippen molar-refractivity contribution in [3.8, 4) is 0 Å². The Labute approximate surface area is 239 Å². The van der Waals surface area contributed by atoms with E-state index < -0.39 is 5.91 Å². The summed E-state index contributed by atoms with van der Waals surface area (Å²) in [6, 6.07) is 4.87. The van der Waals surface area contributed by atoms with Gasteiger partial charge >= 0.3 is 0 Å². The average Bonchev–Trinajstić information content (AvgIpc) is 2.87. The van der Waals surface area contributed by atoms with E-state index in [0.717, 1.165) is 0 Å². The van der Waals surface area contributed by atoms with Crippen molar-refractivity contribution in [3.05, 3.63) is 44.9 Å². The minimum Gasteiger partial charge on any atom is -0.366 e. The number of primary amides is 1. The van der Waals surface area contributed by atoms with Crippen LogP contribution in [0.25, 0.3) is 11.0 Å². The normalized spacial score (nSPS) is 11.3. The lowest BCUT2D eigenvalue weighted by atomic mass is 10.2. The van der Waals surface area contributed by atoms with Crippen molar-refractivity contribution >= 4 is 98.8 Å². The molecule has 4 aromatic rings. The molecule has 3 heterocycles. The molecule has 0 saturated heterocycles. The average molecular weight is 620 g/mol. The van der Waals surface area contributed by atoms with Crippen LogP contribution < -0.4 is 16.4 Å². The van der Waals surface area contributed by atoms with Gasteiger partial charge in [0, 0.05) is 30.2 Å². The van der Waals surface area contributed by atoms with Gasteiger partial charge in [0.05, 0.1) is 11.0 Å². The fourth-order valence-corrected chi connectivity index (χ4v) is 5.32. The highest BCUT2D eigenvalue weighted by atomic mass is 35.5. The van der Waals surface area contributed by atoms with Crippen molar-refractivity contribution in [1.82, 2.24) is 39.9 Å². The Hall–Kier alpha value is -2.49. The molecule has 1 amide bonds. The molecule has 0 bridgehead atoms. The van der Waals surface area contributed by atoms with Crippen molar-refractivity contribution in [2.45, 2.75) is 10.1 Å². The number of nitrogens with one attached hydrogen (secondary N) is 2. The van der Waals surface area contributed by atoms with Crippen molar-refractivity contribution in [1.29, 1.82) is 0 Å². The molecule has 4 rings (SSSR count). The fourth-order valence-electron chi connectivity index (χ4n) is 2.78. The van der Waals surface area contributed by atoms with Crippen molar-refractivity contribution in [2.24, 2.45) is 5.73 Å². The SMILES string of the molecule is [2H]NC(=O)c1ccc2nc(SCCNc3nc(Cl)nc(Cl)n3)c(SCCNc3nc(Cl)nc(Cl)n3)nc2c1. The number of fused-ring (bicyclic) bond motifs is 1. The number of benzene rings is 1. The van der Waals surface area contributed by atoms with Gasteiger partial charge in [-0.15, -0.1) is 23.5 Å². The first-order valence-electron chi connectivity index (χ1n) is 10.7. The number of hydrogen-bond donors (Lipinski definition) is 3. The second kappa shape index (κ2) is 12.8. The van der Waals surface area contributed by atoms with E-state index in [2.05, 4.69) is 40.5 Å². The maximum absolute atomic E-state index is 11.9. The number of aromatic nitrogens is 8. The zero-order chi connectivity index (χ0) is 27.1. The zero-order valence-corrected chi connectivity index (χ0v) is 23.0. The van der Waals surface area contributed by atoms with Crippen molar-refractivity contribution in [2.75, 3.05) is 35.2 Å². The summed E-state index contributed by atoms with van der Waals surface area (Å²) >= 11 is 26.2. The molecule has 3 aromatic heterocycles. The van der Waals surface area contributed by atoms with Crippen LogP contribution in [0.3, 0.4) is 0 Å². The van der Waals surface area contributed by atoms with E-state index in [1.165, 1.54) is 23.5 Å². The van der Waals surface area contributed by atoms with Crippen LogP contribution in [0, 0.1) is 0 Å². The molecular formula is C19H15Cl4N11OS2. The van der Waals surface area contributed by atoms with Crippen molar-refractivity contribution < 1.29 is 6.21 Å². The largest absolute Gasteiger partial charge is 0.366 e. The van der Waals surface area contributed by atoms with Crippen LogP contribution >= 0.6 is 69.9 Å². The summed E-state index contributed by atoms with van der Waals surface area (Å²) in [4.78, 5) is 44.7. The summed E-state index contributed by atoms with van der Waals surface area (Å²) in [6.45, 7) is 0.950. The summed E-state index contributed by atoms with van der Waals surface area (Å²) < 4.78 is 7.11. The maximum Gasteiger partial charge on any atom is 0.248 e. The van der Waals surface area contributed by atoms with Crippen LogP contribution in [0.1, 0.15) is 10.4 Å². The molecule has 37 heavy (non-hydrogen) atoms. The van der Waals surface area contributed by atoms with Gasteiger partial charge in [0.2, 0.25) is 38.9 Å². The number of anilines is 2. The molecular weight excluding hydrogens is 604 g/mol. The molecule has 4 N–H and O–H groups in total. The highest BCUT2D eigenvalue weighted by molar-refractivity contribution is 8.02. The molecule has 0 saturated carbocycles. The van der Waals surface area contributed by atoms with Crippen LogP contribution in [0.5, 0.6) is 0 Å². The summed E-state index contributed by atoms with van der Waals surface area (Å²) in [5.74, 6) is 1.14. The zero-order valence-electron chi connectivity index (χ0n) is 19.4. The molecule has 0 atom stereocenters. The lowest BCUT2D eigenvalue weighted by Crippen LogP contribution is -2.11. The number of thioether (sulfide) groups is 2. The van der Waals surface area contributed by atoms with E-state index in [1.54, 1.807) is 18.2 Å². The lowest BCUT2D eigenvalue weighted by molar-refractivity contribution is 0.100. The van der Waals surface area contributed by atoms with E-state index in [4.69, 9.17) is 57.8 Å². The minimum atomic E-state index is -0.537. The molecule has 18 heteroatoms. The number of carbonyl (C=O) groups excluding carboxylic acids is 1. The Balaban J connectivity index is 1.46. The maximum atomic E-state index is 11.9. The van der Waals surface area contributed by atoms with Crippen LogP contribution in [-0.4, -0.2) is 70.4 Å². The molecule has 0 aliphatic rings. The first-order valence-corrected chi connectivity index (χ1v) is 13.7. The molecule has 0 aliphatic heterocycles. The second-order valence-corrected chi connectivity index (χ2v) is 10.3. The predicted octanol–water partition coefficient (Wildman–Crippen LogP) is 4.12. The van der Waals surface area contributed by atoms with Crippen molar-refractivity contribution in [3.63, 3.8) is 0 Å². The Morgan fingerprint density at radius 1 is 0.757 bits per heavy atom. The smallest absolute Gasteiger partial charge is 0.248 e. The Kier molecular flexibility index (Phi) is 9.07. The Morgan fingerprint density at radius 2 is 1.24 bits per heavy atom. The first kappa shape index (κ1) is 26.1. The monoisotopic (exact) mass is 618 g/mol. The summed E-state index contributed by atoms with van der Waals surface area (Å²) in [7, 11) is 0. The van der Waals surface area contributed by atoms with Gasteiger partial charge in [0.25, 0.3) is 0 Å². The molecule has 0 radical (unpaired) electrons. The second-order valence-electron chi connectivity index (χ2n) is 6.81. The third kappa shape index (κ3) is 7.99. The molecule has 12 nitrogen and oxygen atoms in total. The number of rotatable bonds is 11. The van der Waals surface area contributed by atoms with Crippen LogP contribution in [0.4, 0.5) is 11.9 Å². The quantitative estimate of drug-likeness (QED) is 0.162.